The summed E-state index contributed by atoms with van der Waals surface area (Å²) in [5.74, 6) is 1.02. The lowest BCUT2D eigenvalue weighted by Crippen LogP contribution is -2.62. The van der Waals surface area contributed by atoms with Gasteiger partial charge in [-0.1, -0.05) is 30.3 Å². The third kappa shape index (κ3) is 3.34. The normalized spacial score (nSPS) is 32.3. The van der Waals surface area contributed by atoms with E-state index in [2.05, 4.69) is 29.6 Å². The van der Waals surface area contributed by atoms with E-state index < -0.39 is 0 Å². The molecule has 24 heavy (non-hydrogen) atoms. The van der Waals surface area contributed by atoms with E-state index in [0.717, 1.165) is 39.0 Å². The van der Waals surface area contributed by atoms with Crippen molar-refractivity contribution in [3.8, 4) is 0 Å². The van der Waals surface area contributed by atoms with Crippen molar-refractivity contribution in [2.24, 2.45) is 11.8 Å². The second kappa shape index (κ2) is 7.21. The first-order valence-electron chi connectivity index (χ1n) is 9.14. The van der Waals surface area contributed by atoms with E-state index in [4.69, 9.17) is 9.57 Å². The van der Waals surface area contributed by atoms with Gasteiger partial charge in [0.15, 0.2) is 0 Å². The van der Waals surface area contributed by atoms with Crippen molar-refractivity contribution in [2.75, 3.05) is 26.3 Å². The Balaban J connectivity index is 1.32. The highest BCUT2D eigenvalue weighted by molar-refractivity contribution is 5.76. The molecular weight excluding hydrogens is 304 g/mol. The van der Waals surface area contributed by atoms with Gasteiger partial charge in [-0.3, -0.25) is 9.63 Å². The molecule has 0 bridgehead atoms. The quantitative estimate of drug-likeness (QED) is 0.864. The molecule has 4 rings (SSSR count). The Morgan fingerprint density at radius 1 is 1.25 bits per heavy atom. The monoisotopic (exact) mass is 330 g/mol. The maximum absolute atomic E-state index is 12.4. The number of carbonyl (C=O) groups excluding carboxylic acids is 1. The van der Waals surface area contributed by atoms with Gasteiger partial charge < -0.3 is 10.1 Å². The Kier molecular flexibility index (Phi) is 4.83. The lowest BCUT2D eigenvalue weighted by molar-refractivity contribution is -0.135. The molecule has 1 aliphatic carbocycles. The maximum atomic E-state index is 12.4. The van der Waals surface area contributed by atoms with E-state index in [-0.39, 0.29) is 11.9 Å². The Bertz CT molecular complexity index is 559. The van der Waals surface area contributed by atoms with Crippen LogP contribution < -0.4 is 5.32 Å². The summed E-state index contributed by atoms with van der Waals surface area (Å²) in [5, 5.41) is 5.19. The fourth-order valence-corrected chi connectivity index (χ4v) is 4.33. The molecule has 1 N–H and O–H groups in total. The summed E-state index contributed by atoms with van der Waals surface area (Å²) in [7, 11) is 0. The molecule has 0 unspecified atom stereocenters. The molecule has 130 valence electrons. The molecule has 2 aliphatic heterocycles. The van der Waals surface area contributed by atoms with Gasteiger partial charge in [-0.2, -0.15) is 5.06 Å². The fourth-order valence-electron chi connectivity index (χ4n) is 4.33. The van der Waals surface area contributed by atoms with Crippen molar-refractivity contribution in [2.45, 2.75) is 37.8 Å². The first-order chi connectivity index (χ1) is 11.8. The van der Waals surface area contributed by atoms with Crippen molar-refractivity contribution in [1.82, 2.24) is 10.4 Å². The molecule has 1 saturated carbocycles. The number of benzene rings is 1. The number of nitrogens with one attached hydrogen (secondary N) is 1. The average molecular weight is 330 g/mol. The molecule has 0 spiro atoms. The van der Waals surface area contributed by atoms with Crippen molar-refractivity contribution < 1.29 is 14.4 Å². The van der Waals surface area contributed by atoms with Gasteiger partial charge in [-0.05, 0) is 24.8 Å². The van der Waals surface area contributed by atoms with Crippen LogP contribution in [0.1, 0.15) is 24.8 Å². The van der Waals surface area contributed by atoms with Crippen LogP contribution in [0.2, 0.25) is 0 Å². The predicted molar refractivity (Wildman–Crippen MR) is 90.2 cm³/mol. The van der Waals surface area contributed by atoms with Gasteiger partial charge in [-0.25, -0.2) is 0 Å². The van der Waals surface area contributed by atoms with Crippen molar-refractivity contribution in [3.05, 3.63) is 35.9 Å². The van der Waals surface area contributed by atoms with Gasteiger partial charge in [0.2, 0.25) is 5.91 Å². The molecule has 5 nitrogen and oxygen atoms in total. The lowest BCUT2D eigenvalue weighted by Gasteiger charge is -2.48. The predicted octanol–water partition coefficient (Wildman–Crippen LogP) is 1.78. The summed E-state index contributed by atoms with van der Waals surface area (Å²) in [6.45, 7) is 3.23. The van der Waals surface area contributed by atoms with Crippen LogP contribution in [0.4, 0.5) is 0 Å². The second-order valence-electron chi connectivity index (χ2n) is 7.10. The first kappa shape index (κ1) is 16.1. The zero-order valence-corrected chi connectivity index (χ0v) is 14.0. The number of amides is 1. The number of fused-ring (bicyclic) bond motifs is 1. The van der Waals surface area contributed by atoms with Crippen LogP contribution in [0.25, 0.3) is 0 Å². The highest BCUT2D eigenvalue weighted by Gasteiger charge is 2.53. The van der Waals surface area contributed by atoms with E-state index in [1.807, 2.05) is 11.1 Å². The van der Waals surface area contributed by atoms with E-state index in [1.165, 1.54) is 5.56 Å². The topological polar surface area (TPSA) is 50.8 Å². The molecule has 0 radical (unpaired) electrons. The smallest absolute Gasteiger partial charge is 0.221 e. The molecule has 2 heterocycles. The van der Waals surface area contributed by atoms with E-state index in [0.29, 0.717) is 30.9 Å². The third-order valence-corrected chi connectivity index (χ3v) is 5.58. The number of nitrogens with zero attached hydrogens (tertiary/aromatic N) is 1. The molecule has 1 aromatic carbocycles. The van der Waals surface area contributed by atoms with Crippen LogP contribution in [0, 0.1) is 11.8 Å². The van der Waals surface area contributed by atoms with Gasteiger partial charge in [0.1, 0.15) is 0 Å². The summed E-state index contributed by atoms with van der Waals surface area (Å²) >= 11 is 0. The molecule has 4 atom stereocenters. The lowest BCUT2D eigenvalue weighted by atomic mass is 9.64. The summed E-state index contributed by atoms with van der Waals surface area (Å²) in [5.41, 5.74) is 1.32. The van der Waals surface area contributed by atoms with Crippen molar-refractivity contribution in [1.29, 1.82) is 0 Å². The molecule has 0 aromatic heterocycles. The fraction of sp³-hybridized carbons (Fsp3) is 0.632. The Morgan fingerprint density at radius 2 is 2.12 bits per heavy atom. The highest BCUT2D eigenvalue weighted by Crippen LogP contribution is 2.45. The van der Waals surface area contributed by atoms with E-state index in [9.17, 15) is 4.79 Å². The number of rotatable bonds is 6. The minimum absolute atomic E-state index is 0.138. The summed E-state index contributed by atoms with van der Waals surface area (Å²) < 4.78 is 5.91. The molecule has 5 heteroatoms. The first-order valence-corrected chi connectivity index (χ1v) is 9.14. The third-order valence-electron chi connectivity index (χ3n) is 5.58. The van der Waals surface area contributed by atoms with Gasteiger partial charge in [-0.15, -0.1) is 0 Å². The summed E-state index contributed by atoms with van der Waals surface area (Å²) in [6.07, 6.45) is 3.92. The molecule has 3 fully saturated rings. The van der Waals surface area contributed by atoms with Crippen LogP contribution in [0.15, 0.2) is 30.3 Å². The van der Waals surface area contributed by atoms with Crippen LogP contribution in [-0.4, -0.2) is 49.4 Å². The number of hydrogen-bond acceptors (Lipinski definition) is 4. The van der Waals surface area contributed by atoms with Gasteiger partial charge in [0, 0.05) is 44.0 Å². The Morgan fingerprint density at radius 3 is 2.92 bits per heavy atom. The van der Waals surface area contributed by atoms with E-state index in [1.54, 1.807) is 0 Å². The molecular formula is C19H26N2O3. The zero-order chi connectivity index (χ0) is 16.4. The van der Waals surface area contributed by atoms with Crippen molar-refractivity contribution >= 4 is 5.91 Å². The largest absolute Gasteiger partial charge is 0.377 e. The van der Waals surface area contributed by atoms with Gasteiger partial charge in [0.25, 0.3) is 0 Å². The Hall–Kier alpha value is -1.43. The molecule has 1 amide bonds. The highest BCUT2D eigenvalue weighted by atomic mass is 16.7. The molecule has 3 aliphatic rings. The number of ether oxygens (including phenoxy) is 1. The minimum atomic E-state index is 0.138. The average Bonchev–Trinajstić information content (AvgIpc) is 3.27. The second-order valence-corrected chi connectivity index (χ2v) is 7.10. The van der Waals surface area contributed by atoms with E-state index >= 15 is 0 Å². The standard InChI is InChI=1S/C19H26N2O3/c22-17(7-10-21-9-4-11-24-21)20-18-15-8-12-23-19(15)16(18)13-14-5-2-1-3-6-14/h1-3,5-6,15-16,18-19H,4,7-13H2,(H,20,22)/t15-,16+,18-,19-/m0/s1. The van der Waals surface area contributed by atoms with Crippen LogP contribution >= 0.6 is 0 Å². The molecule has 2 saturated heterocycles. The number of carbonyl (C=O) groups is 1. The van der Waals surface area contributed by atoms with Gasteiger partial charge in [0.05, 0.1) is 12.7 Å². The number of hydrogen-bond donors (Lipinski definition) is 1. The van der Waals surface area contributed by atoms with Crippen LogP contribution in [0.3, 0.4) is 0 Å². The summed E-state index contributed by atoms with van der Waals surface area (Å²) in [6, 6.07) is 10.8. The Labute approximate surface area is 143 Å². The molecule has 1 aromatic rings. The van der Waals surface area contributed by atoms with Crippen LogP contribution in [-0.2, 0) is 20.8 Å². The number of hydroxylamine groups is 2. The summed E-state index contributed by atoms with van der Waals surface area (Å²) in [4.78, 5) is 17.8. The van der Waals surface area contributed by atoms with Gasteiger partial charge >= 0.3 is 0 Å². The zero-order valence-electron chi connectivity index (χ0n) is 14.0. The van der Waals surface area contributed by atoms with Crippen LogP contribution in [0.5, 0.6) is 0 Å². The maximum Gasteiger partial charge on any atom is 0.221 e. The minimum Gasteiger partial charge on any atom is -0.377 e. The SMILES string of the molecule is O=C(CCN1CCCO1)N[C@@H]1[C@@H](Cc2ccccc2)[C@H]2OCC[C@@H]12. The van der Waals surface area contributed by atoms with Crippen molar-refractivity contribution in [3.63, 3.8) is 0 Å².